The Labute approximate surface area is 103 Å². The molecule has 1 unspecified atom stereocenters. The molecule has 1 atom stereocenters. The van der Waals surface area contributed by atoms with Crippen molar-refractivity contribution in [2.75, 3.05) is 6.61 Å². The third-order valence-corrected chi connectivity index (χ3v) is 3.57. The highest BCUT2D eigenvalue weighted by atomic mass is 16.5. The minimum absolute atomic E-state index is 0.251. The van der Waals surface area contributed by atoms with Gasteiger partial charge in [-0.25, -0.2) is 0 Å². The number of hydrogen-bond acceptors (Lipinski definition) is 3. The summed E-state index contributed by atoms with van der Waals surface area (Å²) in [4.78, 5) is 0. The number of benzene rings is 1. The summed E-state index contributed by atoms with van der Waals surface area (Å²) in [7, 11) is 0. The molecule has 3 heteroatoms. The van der Waals surface area contributed by atoms with Crippen molar-refractivity contribution in [1.29, 1.82) is 0 Å². The van der Waals surface area contributed by atoms with E-state index in [2.05, 4.69) is 17.6 Å². The van der Waals surface area contributed by atoms with Gasteiger partial charge in [0.05, 0.1) is 6.61 Å². The van der Waals surface area contributed by atoms with Gasteiger partial charge in [0.25, 0.3) is 0 Å². The summed E-state index contributed by atoms with van der Waals surface area (Å²) in [5.74, 6) is 7.43. The largest absolute Gasteiger partial charge is 0.494 e. The highest BCUT2D eigenvalue weighted by Crippen LogP contribution is 2.35. The van der Waals surface area contributed by atoms with Crippen molar-refractivity contribution >= 4 is 0 Å². The monoisotopic (exact) mass is 234 g/mol. The highest BCUT2D eigenvalue weighted by Gasteiger charge is 2.22. The van der Waals surface area contributed by atoms with Gasteiger partial charge in [0.1, 0.15) is 5.75 Å². The molecule has 1 aromatic rings. The Morgan fingerprint density at radius 3 is 2.88 bits per heavy atom. The molecule has 0 spiro atoms. The third kappa shape index (κ3) is 3.20. The molecular formula is C14H22N2O. The molecule has 0 aromatic heterocycles. The molecule has 0 aliphatic heterocycles. The molecule has 1 aliphatic carbocycles. The average Bonchev–Trinajstić information content (AvgIpc) is 2.29. The Balaban J connectivity index is 2.03. The van der Waals surface area contributed by atoms with Crippen molar-refractivity contribution in [3.05, 3.63) is 29.8 Å². The predicted molar refractivity (Wildman–Crippen MR) is 69.6 cm³/mol. The number of nitrogens with two attached hydrogens (primary N) is 1. The van der Waals surface area contributed by atoms with E-state index in [9.17, 15) is 0 Å². The fraction of sp³-hybridized carbons (Fsp3) is 0.571. The fourth-order valence-corrected chi connectivity index (χ4v) is 2.35. The van der Waals surface area contributed by atoms with Gasteiger partial charge in [-0.2, -0.15) is 0 Å². The first-order chi connectivity index (χ1) is 8.33. The van der Waals surface area contributed by atoms with Crippen LogP contribution in [0.3, 0.4) is 0 Å². The van der Waals surface area contributed by atoms with Gasteiger partial charge in [0, 0.05) is 6.04 Å². The van der Waals surface area contributed by atoms with Gasteiger partial charge in [-0.05, 0) is 37.0 Å². The van der Waals surface area contributed by atoms with E-state index < -0.39 is 0 Å². The fourth-order valence-electron chi connectivity index (χ4n) is 2.35. The van der Waals surface area contributed by atoms with Gasteiger partial charge in [0.15, 0.2) is 0 Å². The molecule has 1 saturated carbocycles. The first-order valence-electron chi connectivity index (χ1n) is 6.52. The summed E-state index contributed by atoms with van der Waals surface area (Å²) in [5.41, 5.74) is 4.16. The van der Waals surface area contributed by atoms with Gasteiger partial charge in [-0.15, -0.1) is 0 Å². The van der Waals surface area contributed by atoms with Crippen molar-refractivity contribution in [2.45, 2.75) is 38.6 Å². The van der Waals surface area contributed by atoms with Crippen LogP contribution in [0.2, 0.25) is 0 Å². The molecule has 2 rings (SSSR count). The molecule has 0 amide bonds. The Kier molecular flexibility index (Phi) is 4.40. The van der Waals surface area contributed by atoms with E-state index in [0.29, 0.717) is 6.61 Å². The lowest BCUT2D eigenvalue weighted by molar-refractivity contribution is 0.261. The standard InChI is InChI=1S/C14H22N2O/c1-2-17-13-8-4-7-12(10-13)14(16-15)9-11-5-3-6-11/h4,7-8,10-11,14,16H,2-3,5-6,9,15H2,1H3. The summed E-state index contributed by atoms with van der Waals surface area (Å²) >= 11 is 0. The normalized spacial score (nSPS) is 17.5. The van der Waals surface area contributed by atoms with Crippen molar-refractivity contribution in [3.8, 4) is 5.75 Å². The van der Waals surface area contributed by atoms with Crippen LogP contribution in [-0.4, -0.2) is 6.61 Å². The molecule has 3 N–H and O–H groups in total. The zero-order chi connectivity index (χ0) is 12.1. The average molecular weight is 234 g/mol. The van der Waals surface area contributed by atoms with Crippen LogP contribution in [-0.2, 0) is 0 Å². The first-order valence-corrected chi connectivity index (χ1v) is 6.52. The maximum absolute atomic E-state index is 5.67. The smallest absolute Gasteiger partial charge is 0.119 e. The first kappa shape index (κ1) is 12.4. The molecule has 3 nitrogen and oxygen atoms in total. The minimum atomic E-state index is 0.251. The maximum atomic E-state index is 5.67. The lowest BCUT2D eigenvalue weighted by atomic mass is 9.80. The summed E-state index contributed by atoms with van der Waals surface area (Å²) < 4.78 is 5.52. The van der Waals surface area contributed by atoms with Crippen molar-refractivity contribution in [2.24, 2.45) is 11.8 Å². The van der Waals surface area contributed by atoms with Crippen LogP contribution < -0.4 is 16.0 Å². The quantitative estimate of drug-likeness (QED) is 0.587. The van der Waals surface area contributed by atoms with Crippen LogP contribution in [0.25, 0.3) is 0 Å². The highest BCUT2D eigenvalue weighted by molar-refractivity contribution is 5.30. The second-order valence-corrected chi connectivity index (χ2v) is 4.76. The van der Waals surface area contributed by atoms with Crippen molar-refractivity contribution < 1.29 is 4.74 Å². The van der Waals surface area contributed by atoms with Crippen LogP contribution in [0.4, 0.5) is 0 Å². The summed E-state index contributed by atoms with van der Waals surface area (Å²) in [6.07, 6.45) is 5.21. The van der Waals surface area contributed by atoms with E-state index in [4.69, 9.17) is 10.6 Å². The summed E-state index contributed by atoms with van der Waals surface area (Å²) in [5, 5.41) is 0. The molecule has 17 heavy (non-hydrogen) atoms. The second-order valence-electron chi connectivity index (χ2n) is 4.76. The van der Waals surface area contributed by atoms with Crippen LogP contribution in [0.15, 0.2) is 24.3 Å². The van der Waals surface area contributed by atoms with Gasteiger partial charge in [-0.3, -0.25) is 11.3 Å². The van der Waals surface area contributed by atoms with Crippen LogP contribution in [0, 0.1) is 5.92 Å². The third-order valence-electron chi connectivity index (χ3n) is 3.57. The Morgan fingerprint density at radius 2 is 2.29 bits per heavy atom. The molecular weight excluding hydrogens is 212 g/mol. The molecule has 1 fully saturated rings. The van der Waals surface area contributed by atoms with E-state index in [1.54, 1.807) is 0 Å². The lowest BCUT2D eigenvalue weighted by Gasteiger charge is -2.29. The number of hydrogen-bond donors (Lipinski definition) is 2. The molecule has 0 saturated heterocycles. The summed E-state index contributed by atoms with van der Waals surface area (Å²) in [6.45, 7) is 2.70. The molecule has 0 heterocycles. The SMILES string of the molecule is CCOc1cccc(C(CC2CCC2)NN)c1. The Hall–Kier alpha value is -1.06. The number of rotatable bonds is 6. The minimum Gasteiger partial charge on any atom is -0.494 e. The molecule has 94 valence electrons. The Bertz CT molecular complexity index is 350. The van der Waals surface area contributed by atoms with E-state index in [0.717, 1.165) is 18.1 Å². The van der Waals surface area contributed by atoms with Crippen LogP contribution in [0.5, 0.6) is 5.75 Å². The topological polar surface area (TPSA) is 47.3 Å². The van der Waals surface area contributed by atoms with Gasteiger partial charge in [0.2, 0.25) is 0 Å². The predicted octanol–water partition coefficient (Wildman–Crippen LogP) is 2.78. The molecule has 0 radical (unpaired) electrons. The summed E-state index contributed by atoms with van der Waals surface area (Å²) in [6, 6.07) is 8.48. The van der Waals surface area contributed by atoms with Gasteiger partial charge >= 0.3 is 0 Å². The zero-order valence-electron chi connectivity index (χ0n) is 10.5. The molecule has 1 aromatic carbocycles. The zero-order valence-corrected chi connectivity index (χ0v) is 10.5. The number of ether oxygens (including phenoxy) is 1. The second kappa shape index (κ2) is 6.03. The van der Waals surface area contributed by atoms with E-state index in [-0.39, 0.29) is 6.04 Å². The lowest BCUT2D eigenvalue weighted by Crippen LogP contribution is -2.31. The van der Waals surface area contributed by atoms with Crippen LogP contribution >= 0.6 is 0 Å². The van der Waals surface area contributed by atoms with E-state index in [1.165, 1.54) is 24.8 Å². The number of hydrazine groups is 1. The van der Waals surface area contributed by atoms with Crippen LogP contribution in [0.1, 0.15) is 44.2 Å². The Morgan fingerprint density at radius 1 is 1.47 bits per heavy atom. The van der Waals surface area contributed by atoms with E-state index >= 15 is 0 Å². The van der Waals surface area contributed by atoms with Gasteiger partial charge < -0.3 is 4.74 Å². The number of nitrogens with one attached hydrogen (secondary N) is 1. The maximum Gasteiger partial charge on any atom is 0.119 e. The molecule has 1 aliphatic rings. The van der Waals surface area contributed by atoms with Crippen molar-refractivity contribution in [3.63, 3.8) is 0 Å². The van der Waals surface area contributed by atoms with Crippen molar-refractivity contribution in [1.82, 2.24) is 5.43 Å². The molecule has 0 bridgehead atoms. The van der Waals surface area contributed by atoms with Gasteiger partial charge in [-0.1, -0.05) is 31.4 Å². The van der Waals surface area contributed by atoms with E-state index in [1.807, 2.05) is 19.1 Å².